The van der Waals surface area contributed by atoms with Crippen LogP contribution in [0, 0.1) is 9.39 Å². The number of hydrogen-bond donors (Lipinski definition) is 2. The van der Waals surface area contributed by atoms with Gasteiger partial charge in [-0.25, -0.2) is 4.39 Å². The van der Waals surface area contributed by atoms with E-state index in [9.17, 15) is 14.0 Å². The third kappa shape index (κ3) is 1.81. The molecule has 0 aliphatic carbocycles. The lowest BCUT2D eigenvalue weighted by Gasteiger charge is -2.07. The molecule has 2 amide bonds. The number of rotatable bonds is 0. The normalized spacial score (nSPS) is 15.1. The van der Waals surface area contributed by atoms with Crippen molar-refractivity contribution in [1.82, 2.24) is 5.32 Å². The summed E-state index contributed by atoms with van der Waals surface area (Å²) in [6.07, 6.45) is 0. The molecule has 6 heteroatoms. The molecule has 0 fully saturated rings. The van der Waals surface area contributed by atoms with E-state index in [2.05, 4.69) is 10.6 Å². The van der Waals surface area contributed by atoms with Crippen LogP contribution in [0.2, 0.25) is 0 Å². The second kappa shape index (κ2) is 3.76. The predicted molar refractivity (Wildman–Crippen MR) is 60.1 cm³/mol. The lowest BCUT2D eigenvalue weighted by Crippen LogP contribution is -2.28. The van der Waals surface area contributed by atoms with Crippen LogP contribution in [0.1, 0.15) is 10.4 Å². The molecular formula is C9H6FIN2O2. The lowest BCUT2D eigenvalue weighted by molar-refractivity contribution is -0.115. The maximum atomic E-state index is 13.4. The number of nitrogens with one attached hydrogen (secondary N) is 2. The van der Waals surface area contributed by atoms with Gasteiger partial charge in [0.2, 0.25) is 5.91 Å². The van der Waals surface area contributed by atoms with E-state index in [0.717, 1.165) is 0 Å². The van der Waals surface area contributed by atoms with Gasteiger partial charge in [-0.3, -0.25) is 9.59 Å². The average Bonchev–Trinajstić information content (AvgIpc) is 2.34. The maximum absolute atomic E-state index is 13.4. The first-order valence-corrected chi connectivity index (χ1v) is 5.23. The minimum Gasteiger partial charge on any atom is -0.343 e. The Hall–Kier alpha value is -1.18. The molecule has 1 aromatic rings. The molecule has 2 rings (SSSR count). The van der Waals surface area contributed by atoms with Gasteiger partial charge < -0.3 is 10.6 Å². The zero-order valence-electron chi connectivity index (χ0n) is 7.43. The van der Waals surface area contributed by atoms with Crippen molar-refractivity contribution in [2.75, 3.05) is 11.9 Å². The number of fused-ring (bicyclic) bond motifs is 1. The molecule has 0 saturated heterocycles. The van der Waals surface area contributed by atoms with Crippen LogP contribution in [-0.4, -0.2) is 18.4 Å². The highest BCUT2D eigenvalue weighted by Gasteiger charge is 2.24. The molecule has 0 aromatic heterocycles. The molecule has 0 radical (unpaired) electrons. The fraction of sp³-hybridized carbons (Fsp3) is 0.111. The Morgan fingerprint density at radius 3 is 2.80 bits per heavy atom. The fourth-order valence-corrected chi connectivity index (χ4v) is 1.91. The fourth-order valence-electron chi connectivity index (χ4n) is 1.33. The predicted octanol–water partition coefficient (Wildman–Crippen LogP) is 1.11. The van der Waals surface area contributed by atoms with Crippen molar-refractivity contribution in [3.8, 4) is 0 Å². The van der Waals surface area contributed by atoms with E-state index in [1.54, 1.807) is 0 Å². The number of benzene rings is 1. The van der Waals surface area contributed by atoms with Crippen molar-refractivity contribution in [3.63, 3.8) is 0 Å². The van der Waals surface area contributed by atoms with Crippen molar-refractivity contribution in [2.24, 2.45) is 0 Å². The van der Waals surface area contributed by atoms with Crippen molar-refractivity contribution < 1.29 is 14.0 Å². The van der Waals surface area contributed by atoms with Crippen LogP contribution in [-0.2, 0) is 4.79 Å². The molecule has 0 atom stereocenters. The largest absolute Gasteiger partial charge is 0.343 e. The van der Waals surface area contributed by atoms with E-state index >= 15 is 0 Å². The van der Waals surface area contributed by atoms with Gasteiger partial charge in [-0.05, 0) is 34.7 Å². The number of halogens is 2. The summed E-state index contributed by atoms with van der Waals surface area (Å²) in [7, 11) is 0. The molecule has 78 valence electrons. The first-order chi connectivity index (χ1) is 7.09. The zero-order chi connectivity index (χ0) is 11.0. The molecule has 0 spiro atoms. The number of anilines is 1. The highest BCUT2D eigenvalue weighted by molar-refractivity contribution is 14.1. The smallest absolute Gasteiger partial charge is 0.256 e. The van der Waals surface area contributed by atoms with Gasteiger partial charge in [0.25, 0.3) is 5.91 Å². The van der Waals surface area contributed by atoms with E-state index < -0.39 is 11.7 Å². The molecule has 1 aliphatic rings. The number of carbonyl (C=O) groups is 2. The summed E-state index contributed by atoms with van der Waals surface area (Å²) in [5.74, 6) is -1.56. The third-order valence-corrected chi connectivity index (χ3v) is 2.90. The highest BCUT2D eigenvalue weighted by atomic mass is 127. The van der Waals surface area contributed by atoms with Gasteiger partial charge in [-0.15, -0.1) is 0 Å². The Morgan fingerprint density at radius 1 is 1.33 bits per heavy atom. The first kappa shape index (κ1) is 10.3. The molecule has 1 aromatic carbocycles. The van der Waals surface area contributed by atoms with Crippen LogP contribution in [0.3, 0.4) is 0 Å². The van der Waals surface area contributed by atoms with Crippen LogP contribution in [0.5, 0.6) is 0 Å². The lowest BCUT2D eigenvalue weighted by atomic mass is 10.1. The topological polar surface area (TPSA) is 58.2 Å². The molecule has 4 nitrogen and oxygen atoms in total. The zero-order valence-corrected chi connectivity index (χ0v) is 9.59. The van der Waals surface area contributed by atoms with Gasteiger partial charge in [0.1, 0.15) is 5.82 Å². The van der Waals surface area contributed by atoms with Crippen molar-refractivity contribution in [2.45, 2.75) is 0 Å². The minimum atomic E-state index is -0.634. The standard InChI is InChI=1S/C9H6FIN2O2/c10-4-1-2-5(11)8-7(4)9(15)12-3-6(14)13-8/h1-2H,3H2,(H,12,15)(H,13,14). The van der Waals surface area contributed by atoms with Crippen molar-refractivity contribution >= 4 is 40.1 Å². The molecule has 0 saturated carbocycles. The van der Waals surface area contributed by atoms with Crippen LogP contribution < -0.4 is 10.6 Å². The van der Waals surface area contributed by atoms with Crippen LogP contribution in [0.4, 0.5) is 10.1 Å². The average molecular weight is 320 g/mol. The van der Waals surface area contributed by atoms with E-state index in [0.29, 0.717) is 3.57 Å². The molecule has 15 heavy (non-hydrogen) atoms. The minimum absolute atomic E-state index is 0.104. The number of carbonyl (C=O) groups excluding carboxylic acids is 2. The number of hydrogen-bond acceptors (Lipinski definition) is 2. The van der Waals surface area contributed by atoms with Crippen LogP contribution in [0.25, 0.3) is 0 Å². The molecule has 1 heterocycles. The summed E-state index contributed by atoms with van der Waals surface area (Å²) in [5.41, 5.74) is 0.142. The Labute approximate surface area is 98.4 Å². The van der Waals surface area contributed by atoms with Gasteiger partial charge in [0.05, 0.1) is 17.8 Å². The molecule has 0 unspecified atom stereocenters. The van der Waals surface area contributed by atoms with Crippen LogP contribution in [0.15, 0.2) is 12.1 Å². The summed E-state index contributed by atoms with van der Waals surface area (Å²) < 4.78 is 14.0. The maximum Gasteiger partial charge on any atom is 0.256 e. The summed E-state index contributed by atoms with van der Waals surface area (Å²) in [6, 6.07) is 2.71. The van der Waals surface area contributed by atoms with Crippen molar-refractivity contribution in [3.05, 3.63) is 27.1 Å². The Kier molecular flexibility index (Phi) is 2.59. The summed E-state index contributed by atoms with van der Waals surface area (Å²) in [4.78, 5) is 22.7. The van der Waals surface area contributed by atoms with E-state index in [4.69, 9.17) is 0 Å². The van der Waals surface area contributed by atoms with Gasteiger partial charge in [-0.2, -0.15) is 0 Å². The Morgan fingerprint density at radius 2 is 2.07 bits per heavy atom. The monoisotopic (exact) mass is 320 g/mol. The van der Waals surface area contributed by atoms with E-state index in [1.807, 2.05) is 22.6 Å². The summed E-state index contributed by atoms with van der Waals surface area (Å²) >= 11 is 1.94. The van der Waals surface area contributed by atoms with Gasteiger partial charge in [0, 0.05) is 3.57 Å². The Bertz CT molecular complexity index is 462. The number of amides is 2. The van der Waals surface area contributed by atoms with Gasteiger partial charge in [0.15, 0.2) is 0 Å². The molecular weight excluding hydrogens is 314 g/mol. The molecule has 2 N–H and O–H groups in total. The van der Waals surface area contributed by atoms with E-state index in [1.165, 1.54) is 12.1 Å². The van der Waals surface area contributed by atoms with Gasteiger partial charge in [-0.1, -0.05) is 0 Å². The summed E-state index contributed by atoms with van der Waals surface area (Å²) in [6.45, 7) is -0.136. The quantitative estimate of drug-likeness (QED) is 0.704. The molecule has 0 bridgehead atoms. The first-order valence-electron chi connectivity index (χ1n) is 4.15. The van der Waals surface area contributed by atoms with Crippen molar-refractivity contribution in [1.29, 1.82) is 0 Å². The van der Waals surface area contributed by atoms with Gasteiger partial charge >= 0.3 is 0 Å². The third-order valence-electron chi connectivity index (χ3n) is 2.00. The molecule has 1 aliphatic heterocycles. The highest BCUT2D eigenvalue weighted by Crippen LogP contribution is 2.26. The second-order valence-corrected chi connectivity index (χ2v) is 4.17. The Balaban J connectivity index is 2.66. The van der Waals surface area contributed by atoms with Crippen LogP contribution >= 0.6 is 22.6 Å². The summed E-state index contributed by atoms with van der Waals surface area (Å²) in [5, 5.41) is 4.82. The second-order valence-electron chi connectivity index (χ2n) is 3.01. The SMILES string of the molecule is O=C1CNC(=O)c2c(F)ccc(I)c2N1. The van der Waals surface area contributed by atoms with E-state index in [-0.39, 0.29) is 23.7 Å².